The van der Waals surface area contributed by atoms with E-state index in [1.807, 2.05) is 149 Å². The Bertz CT molecular complexity index is 7080. The van der Waals surface area contributed by atoms with Crippen molar-refractivity contribution in [2.75, 3.05) is 0 Å². The van der Waals surface area contributed by atoms with Gasteiger partial charge in [-0.2, -0.15) is 13.7 Å². The molecule has 0 atom stereocenters. The van der Waals surface area contributed by atoms with Crippen molar-refractivity contribution >= 4 is 131 Å². The first-order valence-electron chi connectivity index (χ1n) is 38.9. The molecule has 0 amide bonds. The summed E-state index contributed by atoms with van der Waals surface area (Å²) in [6, 6.07) is 61.6. The third kappa shape index (κ3) is 10.8. The van der Waals surface area contributed by atoms with Crippen LogP contribution in [0.4, 0.5) is 0 Å². The average molecular weight is 1370 g/mol. The van der Waals surface area contributed by atoms with Crippen molar-refractivity contribution in [2.45, 2.75) is 55.2 Å². The van der Waals surface area contributed by atoms with Crippen LogP contribution in [0.15, 0.2) is 262 Å². The fourth-order valence-electron chi connectivity index (χ4n) is 15.2. The van der Waals surface area contributed by atoms with Crippen molar-refractivity contribution in [3.8, 4) is 45.2 Å². The number of aromatic nitrogens is 8. The van der Waals surface area contributed by atoms with Crippen molar-refractivity contribution in [3.05, 3.63) is 289 Å². The van der Waals surface area contributed by atoms with Crippen LogP contribution in [0.2, 0.25) is 0 Å². The number of benzene rings is 12. The maximum absolute atomic E-state index is 8.17. The number of nitrogens with zero attached hydrogens (tertiary/aromatic N) is 8. The smallest absolute Gasteiger partial charge is 0.334 e. The zero-order valence-electron chi connectivity index (χ0n) is 67.8. The van der Waals surface area contributed by atoms with Gasteiger partial charge in [-0.1, -0.05) is 152 Å². The van der Waals surface area contributed by atoms with E-state index in [0.29, 0.717) is 27.9 Å². The summed E-state index contributed by atoms with van der Waals surface area (Å²) in [5, 5.41) is 17.2. The van der Waals surface area contributed by atoms with Crippen LogP contribution in [0.1, 0.15) is 57.0 Å². The Hall–Kier alpha value is -12.8. The van der Waals surface area contributed by atoms with E-state index in [0.717, 1.165) is 143 Å². The molecule has 0 aliphatic carbocycles. The molecule has 0 radical (unpaired) electrons. The minimum Gasteiger partial charge on any atom is -0.455 e. The molecule has 12 nitrogen and oxygen atoms in total. The summed E-state index contributed by atoms with van der Waals surface area (Å²) in [7, 11) is 7.64. The molecule has 20 aromatic rings. The van der Waals surface area contributed by atoms with E-state index in [4.69, 9.17) is 30.0 Å². The topological polar surface area (TPSA) is 120 Å². The molecule has 0 saturated carbocycles. The maximum Gasteiger partial charge on any atom is 0.334 e. The first kappa shape index (κ1) is 55.0. The van der Waals surface area contributed by atoms with Crippen LogP contribution in [0.5, 0.6) is 0 Å². The van der Waals surface area contributed by atoms with Crippen LogP contribution >= 0.6 is 0 Å². The van der Waals surface area contributed by atoms with E-state index < -0.39 is 20.6 Å². The summed E-state index contributed by atoms with van der Waals surface area (Å²) in [6.45, 7) is 3.59. The highest BCUT2D eigenvalue weighted by Gasteiger charge is 2.28. The van der Waals surface area contributed by atoms with Gasteiger partial charge in [0.1, 0.15) is 77.7 Å². The molecule has 0 unspecified atom stereocenters. The van der Waals surface area contributed by atoms with Gasteiger partial charge in [0, 0.05) is 61.0 Å². The molecule has 0 spiro atoms. The summed E-state index contributed by atoms with van der Waals surface area (Å²) in [4.78, 5) is 17.3. The summed E-state index contributed by atoms with van der Waals surface area (Å²) in [6.07, 6.45) is 17.3. The minimum absolute atomic E-state index is 0.0733. The van der Waals surface area contributed by atoms with Crippen molar-refractivity contribution in [1.82, 2.24) is 19.9 Å². The second-order valence-corrected chi connectivity index (χ2v) is 26.9. The number of hydrogen-bond acceptors (Lipinski definition) is 8. The normalized spacial score (nSPS) is 13.3. The Morgan fingerprint density at radius 3 is 1.30 bits per heavy atom. The molecule has 0 saturated heterocycles. The maximum atomic E-state index is 8.17. The number of aryl methyl sites for hydroxylation is 11. The van der Waals surface area contributed by atoms with Crippen LogP contribution in [-0.2, 0) is 28.2 Å². The summed E-state index contributed by atoms with van der Waals surface area (Å²) >= 11 is 0. The van der Waals surface area contributed by atoms with Crippen LogP contribution in [0.25, 0.3) is 176 Å². The summed E-state index contributed by atoms with van der Waals surface area (Å²) in [5.41, 5.74) is 18.9. The van der Waals surface area contributed by atoms with Crippen LogP contribution in [0, 0.1) is 55.2 Å². The van der Waals surface area contributed by atoms with Crippen LogP contribution in [0.3, 0.4) is 0 Å². The summed E-state index contributed by atoms with van der Waals surface area (Å²) in [5.74, 6) is 0.671. The molecule has 8 aromatic heterocycles. The fraction of sp³-hybridized carbons (Fsp3) is 0.130. The van der Waals surface area contributed by atoms with Crippen LogP contribution < -0.4 is 18.3 Å². The number of fused-ring (bicyclic) bond motifs is 20. The van der Waals surface area contributed by atoms with Crippen molar-refractivity contribution in [3.63, 3.8) is 0 Å². The number of rotatable bonds is 4. The quantitative estimate of drug-likeness (QED) is 0.160. The second-order valence-electron chi connectivity index (χ2n) is 26.9. The van der Waals surface area contributed by atoms with Gasteiger partial charge in [0.05, 0.1) is 60.9 Å². The molecule has 504 valence electrons. The van der Waals surface area contributed by atoms with Gasteiger partial charge in [-0.3, -0.25) is 9.97 Å². The lowest BCUT2D eigenvalue weighted by molar-refractivity contribution is -0.663. The first-order chi connectivity index (χ1) is 54.2. The second kappa shape index (κ2) is 25.7. The standard InChI is InChI=1S/4C23H19N2O/c1-14-12-24-23(25(3)13-14)20-15(2)8-10-18-21-17-7-5-4-6-16(17)9-11-19(21)26-22(18)20;1-14-8-10-18-22-17-7-5-4-6-16(17)9-11-20(22)26-23(18)21(14)19-12-24-15(2)13-25(19)3;1-14-12-18-22-17-7-5-4-6-16(17)8-9-20(22)26-23(18)21(15(14)2)19-13-24-10-11-25(19)3;1-14-12-15(2)21-22-17-7-5-4-6-16(17)8-9-19(22)26-23(21)20(14)18-13-24-10-11-25(18)3/h4*4-13H,1-3H3/q4*+1/i1D3;2D3;;2D3. The highest BCUT2D eigenvalue weighted by molar-refractivity contribution is 6.24. The van der Waals surface area contributed by atoms with Crippen molar-refractivity contribution < 1.29 is 48.3 Å². The molecule has 0 aliphatic heterocycles. The molecule has 0 N–H and O–H groups in total. The monoisotopic (exact) mass is 1370 g/mol. The van der Waals surface area contributed by atoms with Gasteiger partial charge in [0.2, 0.25) is 17.1 Å². The van der Waals surface area contributed by atoms with Crippen molar-refractivity contribution in [1.29, 1.82) is 0 Å². The minimum atomic E-state index is -2.26. The summed E-state index contributed by atoms with van der Waals surface area (Å²) < 4.78 is 103. The molecule has 8 heterocycles. The molecular weight excluding hydrogens is 1280 g/mol. The van der Waals surface area contributed by atoms with Gasteiger partial charge in [0.25, 0.3) is 0 Å². The van der Waals surface area contributed by atoms with E-state index in [9.17, 15) is 0 Å². The van der Waals surface area contributed by atoms with Gasteiger partial charge in [-0.25, -0.2) is 9.55 Å². The van der Waals surface area contributed by atoms with Crippen LogP contribution in [-0.4, -0.2) is 19.9 Å². The lowest BCUT2D eigenvalue weighted by Crippen LogP contribution is -2.32. The van der Waals surface area contributed by atoms with Gasteiger partial charge in [0.15, 0.2) is 24.2 Å². The molecule has 0 bridgehead atoms. The first-order valence-corrected chi connectivity index (χ1v) is 34.4. The van der Waals surface area contributed by atoms with E-state index in [-0.39, 0.29) is 11.3 Å². The zero-order chi connectivity index (χ0) is 78.8. The SMILES string of the molecule is Cc1cc2c(oc3ccc4ccccc4c32)c(-c2cncc[n+]2C)c1C.[2H]C([2H])([2H])c1c[n+](C)c(-c2c(C)ccc3c2oc2ccc4ccccc4c23)cn1.[2H]C([2H])([2H])c1cc(C)c(-c2cncc[n+]2C)c2oc3ccc4ccccc4c3c12.[2H]C([2H])([2H])c1cnc(-c2c(C)ccc3c2oc2ccc4ccccc4c23)[n+](C)c1. The Balaban J connectivity index is 0.000000109. The molecule has 12 heteroatoms. The van der Waals surface area contributed by atoms with E-state index in [1.54, 1.807) is 47.8 Å². The average Bonchev–Trinajstić information content (AvgIpc) is 1.59. The Labute approximate surface area is 613 Å². The van der Waals surface area contributed by atoms with Gasteiger partial charge >= 0.3 is 5.82 Å². The lowest BCUT2D eigenvalue weighted by Gasteiger charge is -2.08. The lowest BCUT2D eigenvalue weighted by atomic mass is 9.95. The van der Waals surface area contributed by atoms with E-state index >= 15 is 0 Å². The fourth-order valence-corrected chi connectivity index (χ4v) is 15.2. The van der Waals surface area contributed by atoms with Gasteiger partial charge in [-0.05, 0) is 167 Å². The van der Waals surface area contributed by atoms with Gasteiger partial charge in [-0.15, -0.1) is 0 Å². The molecule has 12 aromatic carbocycles. The number of furan rings is 4. The molecule has 0 fully saturated rings. The highest BCUT2D eigenvalue weighted by atomic mass is 16.3. The Morgan fingerprint density at radius 1 is 0.327 bits per heavy atom. The van der Waals surface area contributed by atoms with E-state index in [1.165, 1.54) is 44.3 Å². The highest BCUT2D eigenvalue weighted by Crippen LogP contribution is 2.46. The predicted molar refractivity (Wildman–Crippen MR) is 420 cm³/mol. The van der Waals surface area contributed by atoms with Gasteiger partial charge < -0.3 is 17.7 Å². The molecule has 20 rings (SSSR count). The molecule has 0 aliphatic rings. The van der Waals surface area contributed by atoms with E-state index in [2.05, 4.69) is 141 Å². The molecular formula is C92H76N8O4+4. The Kier molecular flexibility index (Phi) is 13.6. The molecule has 104 heavy (non-hydrogen) atoms. The third-order valence-electron chi connectivity index (χ3n) is 20.4. The predicted octanol–water partition coefficient (Wildman–Crippen LogP) is 21.0. The Morgan fingerprint density at radius 2 is 0.788 bits per heavy atom. The largest absolute Gasteiger partial charge is 0.455 e. The third-order valence-corrected chi connectivity index (χ3v) is 20.4. The number of hydrogen-bond donors (Lipinski definition) is 0. The van der Waals surface area contributed by atoms with Crippen molar-refractivity contribution in [2.24, 2.45) is 28.2 Å². The zero-order valence-corrected chi connectivity index (χ0v) is 58.8.